The van der Waals surface area contributed by atoms with E-state index in [9.17, 15) is 4.79 Å². The number of nitrogens with zero attached hydrogens (tertiary/aromatic N) is 2. The monoisotopic (exact) mass is 275 g/mol. The highest BCUT2D eigenvalue weighted by molar-refractivity contribution is 5.79. The lowest BCUT2D eigenvalue weighted by Crippen LogP contribution is -2.53. The van der Waals surface area contributed by atoms with Crippen LogP contribution in [0.5, 0.6) is 0 Å². The summed E-state index contributed by atoms with van der Waals surface area (Å²) in [7, 11) is 2.14. The van der Waals surface area contributed by atoms with Crippen LogP contribution in [0.4, 0.5) is 0 Å². The number of piperazine rings is 1. The number of likely N-dealkylation sites (N-methyl/N-ethyl adjacent to an activating group) is 1. The Balaban J connectivity index is 1.94. The van der Waals surface area contributed by atoms with Crippen LogP contribution in [0.2, 0.25) is 0 Å². The van der Waals surface area contributed by atoms with Crippen LogP contribution in [-0.4, -0.2) is 48.4 Å². The Kier molecular flexibility index (Phi) is 5.15. The molecule has 110 valence electrons. The molecule has 4 heteroatoms. The third kappa shape index (κ3) is 3.58. The van der Waals surface area contributed by atoms with Crippen molar-refractivity contribution in [2.45, 2.75) is 32.4 Å². The highest BCUT2D eigenvalue weighted by Gasteiger charge is 2.25. The number of nitrogens with two attached hydrogens (primary N) is 1. The molecule has 1 amide bonds. The molecular weight excluding hydrogens is 250 g/mol. The molecule has 0 saturated carbocycles. The Morgan fingerprint density at radius 1 is 1.25 bits per heavy atom. The summed E-state index contributed by atoms with van der Waals surface area (Å²) in [5.74, 6) is 0.233. The number of hydrogen-bond acceptors (Lipinski definition) is 3. The Morgan fingerprint density at radius 3 is 2.50 bits per heavy atom. The Labute approximate surface area is 121 Å². The minimum absolute atomic E-state index is 0.233. The normalized spacial score (nSPS) is 20.1. The van der Waals surface area contributed by atoms with Crippen molar-refractivity contribution in [1.82, 2.24) is 9.80 Å². The molecular formula is C16H25N3O. The van der Waals surface area contributed by atoms with Crippen molar-refractivity contribution < 1.29 is 4.79 Å². The fourth-order valence-corrected chi connectivity index (χ4v) is 2.69. The SMILES string of the molecule is CCC1CN(C(=O)Cc2ccc(CN)cc2)CCN1C. The molecule has 1 atom stereocenters. The number of rotatable bonds is 4. The van der Waals surface area contributed by atoms with Crippen LogP contribution in [0, 0.1) is 0 Å². The molecule has 1 saturated heterocycles. The molecule has 0 aromatic heterocycles. The lowest BCUT2D eigenvalue weighted by atomic mass is 10.1. The Hall–Kier alpha value is -1.39. The predicted octanol–water partition coefficient (Wildman–Crippen LogP) is 1.24. The zero-order chi connectivity index (χ0) is 14.5. The van der Waals surface area contributed by atoms with Crippen LogP contribution in [0.3, 0.4) is 0 Å². The molecule has 1 heterocycles. The highest BCUT2D eigenvalue weighted by Crippen LogP contribution is 2.13. The lowest BCUT2D eigenvalue weighted by molar-refractivity contribution is -0.133. The summed E-state index contributed by atoms with van der Waals surface area (Å²) in [6, 6.07) is 8.51. The van der Waals surface area contributed by atoms with Gasteiger partial charge in [0, 0.05) is 32.2 Å². The second-order valence-electron chi connectivity index (χ2n) is 5.58. The van der Waals surface area contributed by atoms with Gasteiger partial charge >= 0.3 is 0 Å². The van der Waals surface area contributed by atoms with Gasteiger partial charge in [-0.05, 0) is 24.6 Å². The minimum Gasteiger partial charge on any atom is -0.340 e. The van der Waals surface area contributed by atoms with Gasteiger partial charge < -0.3 is 10.6 Å². The van der Waals surface area contributed by atoms with Gasteiger partial charge in [-0.15, -0.1) is 0 Å². The summed E-state index contributed by atoms with van der Waals surface area (Å²) in [5, 5.41) is 0. The summed E-state index contributed by atoms with van der Waals surface area (Å²) in [5.41, 5.74) is 7.75. The van der Waals surface area contributed by atoms with Gasteiger partial charge in [0.05, 0.1) is 6.42 Å². The summed E-state index contributed by atoms with van der Waals surface area (Å²) in [4.78, 5) is 16.7. The fraction of sp³-hybridized carbons (Fsp3) is 0.562. The van der Waals surface area contributed by atoms with Gasteiger partial charge in [0.25, 0.3) is 0 Å². The molecule has 1 fully saturated rings. The average Bonchev–Trinajstić information content (AvgIpc) is 2.48. The van der Waals surface area contributed by atoms with E-state index in [0.717, 1.165) is 37.2 Å². The maximum absolute atomic E-state index is 12.4. The number of hydrogen-bond donors (Lipinski definition) is 1. The van der Waals surface area contributed by atoms with E-state index in [0.29, 0.717) is 19.0 Å². The standard InChI is InChI=1S/C16H25N3O/c1-3-15-12-19(9-8-18(15)2)16(20)10-13-4-6-14(11-17)7-5-13/h4-7,15H,3,8-12,17H2,1-2H3. The largest absolute Gasteiger partial charge is 0.340 e. The van der Waals surface area contributed by atoms with Crippen molar-refractivity contribution in [3.63, 3.8) is 0 Å². The third-order valence-electron chi connectivity index (χ3n) is 4.22. The molecule has 1 aliphatic heterocycles. The second-order valence-corrected chi connectivity index (χ2v) is 5.58. The van der Waals surface area contributed by atoms with E-state index >= 15 is 0 Å². The van der Waals surface area contributed by atoms with Crippen LogP contribution >= 0.6 is 0 Å². The van der Waals surface area contributed by atoms with Crippen molar-refractivity contribution >= 4 is 5.91 Å². The molecule has 0 radical (unpaired) electrons. The molecule has 1 aliphatic rings. The number of carbonyl (C=O) groups excluding carboxylic acids is 1. The van der Waals surface area contributed by atoms with Crippen molar-refractivity contribution in [2.75, 3.05) is 26.7 Å². The van der Waals surface area contributed by atoms with Crippen LogP contribution < -0.4 is 5.73 Å². The number of carbonyl (C=O) groups is 1. The first kappa shape index (κ1) is 15.0. The van der Waals surface area contributed by atoms with Gasteiger partial charge in [0.2, 0.25) is 5.91 Å². The van der Waals surface area contributed by atoms with Crippen LogP contribution in [-0.2, 0) is 17.8 Å². The zero-order valence-corrected chi connectivity index (χ0v) is 12.5. The molecule has 1 unspecified atom stereocenters. The van der Waals surface area contributed by atoms with Crippen molar-refractivity contribution in [3.8, 4) is 0 Å². The van der Waals surface area contributed by atoms with Gasteiger partial charge in [0.15, 0.2) is 0 Å². The van der Waals surface area contributed by atoms with E-state index in [-0.39, 0.29) is 5.91 Å². The van der Waals surface area contributed by atoms with Gasteiger partial charge in [-0.3, -0.25) is 9.69 Å². The summed E-state index contributed by atoms with van der Waals surface area (Å²) in [6.45, 7) is 5.39. The maximum Gasteiger partial charge on any atom is 0.227 e. The quantitative estimate of drug-likeness (QED) is 0.899. The molecule has 20 heavy (non-hydrogen) atoms. The van der Waals surface area contributed by atoms with Crippen molar-refractivity contribution in [2.24, 2.45) is 5.73 Å². The van der Waals surface area contributed by atoms with Gasteiger partial charge in [-0.1, -0.05) is 31.2 Å². The Morgan fingerprint density at radius 2 is 1.90 bits per heavy atom. The first-order chi connectivity index (χ1) is 9.63. The van der Waals surface area contributed by atoms with Gasteiger partial charge in [-0.2, -0.15) is 0 Å². The Bertz CT molecular complexity index is 444. The van der Waals surface area contributed by atoms with E-state index in [1.807, 2.05) is 29.2 Å². The molecule has 4 nitrogen and oxygen atoms in total. The number of benzene rings is 1. The van der Waals surface area contributed by atoms with E-state index in [1.165, 1.54) is 0 Å². The van der Waals surface area contributed by atoms with E-state index < -0.39 is 0 Å². The van der Waals surface area contributed by atoms with Crippen LogP contribution in [0.1, 0.15) is 24.5 Å². The third-order valence-corrected chi connectivity index (χ3v) is 4.22. The van der Waals surface area contributed by atoms with Gasteiger partial charge in [-0.25, -0.2) is 0 Å². The van der Waals surface area contributed by atoms with Crippen LogP contribution in [0.25, 0.3) is 0 Å². The second kappa shape index (κ2) is 6.86. The summed E-state index contributed by atoms with van der Waals surface area (Å²) >= 11 is 0. The van der Waals surface area contributed by atoms with Crippen molar-refractivity contribution in [3.05, 3.63) is 35.4 Å². The molecule has 2 N–H and O–H groups in total. The molecule has 0 bridgehead atoms. The van der Waals surface area contributed by atoms with Crippen LogP contribution in [0.15, 0.2) is 24.3 Å². The van der Waals surface area contributed by atoms with E-state index in [1.54, 1.807) is 0 Å². The number of amides is 1. The molecule has 1 aromatic carbocycles. The molecule has 0 spiro atoms. The first-order valence-electron chi connectivity index (χ1n) is 7.40. The minimum atomic E-state index is 0.233. The zero-order valence-electron chi connectivity index (χ0n) is 12.5. The maximum atomic E-state index is 12.4. The predicted molar refractivity (Wildman–Crippen MR) is 81.3 cm³/mol. The topological polar surface area (TPSA) is 49.6 Å². The molecule has 0 aliphatic carbocycles. The first-order valence-corrected chi connectivity index (χ1v) is 7.40. The summed E-state index contributed by atoms with van der Waals surface area (Å²) < 4.78 is 0. The molecule has 2 rings (SSSR count). The highest BCUT2D eigenvalue weighted by atomic mass is 16.2. The van der Waals surface area contributed by atoms with E-state index in [4.69, 9.17) is 5.73 Å². The summed E-state index contributed by atoms with van der Waals surface area (Å²) in [6.07, 6.45) is 1.58. The van der Waals surface area contributed by atoms with Gasteiger partial charge in [0.1, 0.15) is 0 Å². The van der Waals surface area contributed by atoms with E-state index in [2.05, 4.69) is 18.9 Å². The van der Waals surface area contributed by atoms with Crippen molar-refractivity contribution in [1.29, 1.82) is 0 Å². The lowest BCUT2D eigenvalue weighted by Gasteiger charge is -2.39. The average molecular weight is 275 g/mol. The fourth-order valence-electron chi connectivity index (χ4n) is 2.69. The molecule has 1 aromatic rings. The smallest absolute Gasteiger partial charge is 0.227 e.